The zero-order valence-electron chi connectivity index (χ0n) is 7.35. The van der Waals surface area contributed by atoms with Crippen LogP contribution in [-0.2, 0) is 4.74 Å². The molecule has 11 heavy (non-hydrogen) atoms. The largest absolute Gasteiger partial charge is 0.497 e. The summed E-state index contributed by atoms with van der Waals surface area (Å²) in [5.41, 5.74) is 1.25. The molecule has 2 nitrogen and oxygen atoms in total. The Bertz CT molecular complexity index is 192. The topological polar surface area (TPSA) is 21.3 Å². The van der Waals surface area contributed by atoms with E-state index in [4.69, 9.17) is 4.74 Å². The van der Waals surface area contributed by atoms with Crippen molar-refractivity contribution in [3.05, 3.63) is 23.6 Å². The minimum atomic E-state index is 0.550. The maximum absolute atomic E-state index is 5.12. The molecule has 0 fully saturated rings. The fourth-order valence-electron chi connectivity index (χ4n) is 1.05. The van der Waals surface area contributed by atoms with Crippen molar-refractivity contribution in [2.75, 3.05) is 13.7 Å². The maximum Gasteiger partial charge on any atom is 0.118 e. The average molecular weight is 153 g/mol. The Hall–Kier alpha value is -0.920. The lowest BCUT2D eigenvalue weighted by Gasteiger charge is -2.17. The van der Waals surface area contributed by atoms with Gasteiger partial charge in [-0.2, -0.15) is 0 Å². The molecule has 1 aliphatic rings. The van der Waals surface area contributed by atoms with Crippen LogP contribution in [0.3, 0.4) is 0 Å². The summed E-state index contributed by atoms with van der Waals surface area (Å²) in [4.78, 5) is 0. The van der Waals surface area contributed by atoms with Crippen molar-refractivity contribution in [3.8, 4) is 0 Å². The molecule has 0 atom stereocenters. The van der Waals surface area contributed by atoms with Gasteiger partial charge in [-0.05, 0) is 18.1 Å². The highest BCUT2D eigenvalue weighted by molar-refractivity contribution is 5.23. The van der Waals surface area contributed by atoms with Crippen LogP contribution in [0.4, 0.5) is 0 Å². The summed E-state index contributed by atoms with van der Waals surface area (Å²) in [5, 5.41) is 3.29. The van der Waals surface area contributed by atoms with Gasteiger partial charge in [-0.15, -0.1) is 0 Å². The van der Waals surface area contributed by atoms with E-state index in [1.807, 2.05) is 12.2 Å². The van der Waals surface area contributed by atoms with Gasteiger partial charge in [-0.1, -0.05) is 13.8 Å². The van der Waals surface area contributed by atoms with E-state index < -0.39 is 0 Å². The quantitative estimate of drug-likeness (QED) is 0.651. The Morgan fingerprint density at radius 1 is 1.55 bits per heavy atom. The predicted octanol–water partition coefficient (Wildman–Crippen LogP) is 1.66. The van der Waals surface area contributed by atoms with E-state index in [0.29, 0.717) is 5.92 Å². The van der Waals surface area contributed by atoms with Crippen LogP contribution >= 0.6 is 0 Å². The number of allylic oxidation sites excluding steroid dienone is 2. The summed E-state index contributed by atoms with van der Waals surface area (Å²) in [7, 11) is 1.70. The van der Waals surface area contributed by atoms with Gasteiger partial charge in [-0.25, -0.2) is 0 Å². The van der Waals surface area contributed by atoms with E-state index in [1.54, 1.807) is 7.11 Å². The van der Waals surface area contributed by atoms with Gasteiger partial charge in [0.2, 0.25) is 0 Å². The molecule has 1 aliphatic heterocycles. The average Bonchev–Trinajstić information content (AvgIpc) is 2.05. The molecular formula is C9H15NO. The van der Waals surface area contributed by atoms with Crippen molar-refractivity contribution in [1.82, 2.24) is 5.32 Å². The fraction of sp³-hybridized carbons (Fsp3) is 0.556. The van der Waals surface area contributed by atoms with E-state index in [0.717, 1.165) is 12.3 Å². The van der Waals surface area contributed by atoms with Crippen LogP contribution in [0.15, 0.2) is 23.6 Å². The standard InChI is InChI=1S/C9H15NO/c1-7(2)9-6-8(11-3)4-5-10-9/h4,6-7,10H,5H2,1-3H3. The second kappa shape index (κ2) is 3.46. The van der Waals surface area contributed by atoms with Crippen LogP contribution < -0.4 is 5.32 Å². The van der Waals surface area contributed by atoms with Crippen LogP contribution in [0.2, 0.25) is 0 Å². The molecule has 0 aromatic heterocycles. The van der Waals surface area contributed by atoms with Crippen LogP contribution in [0.5, 0.6) is 0 Å². The summed E-state index contributed by atoms with van der Waals surface area (Å²) in [5.74, 6) is 1.52. The van der Waals surface area contributed by atoms with Gasteiger partial charge in [0, 0.05) is 12.2 Å². The Kier molecular flexibility index (Phi) is 2.58. The van der Waals surface area contributed by atoms with E-state index in [1.165, 1.54) is 5.70 Å². The van der Waals surface area contributed by atoms with E-state index in [9.17, 15) is 0 Å². The molecule has 0 radical (unpaired) electrons. The monoisotopic (exact) mass is 153 g/mol. The van der Waals surface area contributed by atoms with E-state index >= 15 is 0 Å². The molecule has 0 aliphatic carbocycles. The molecule has 0 saturated heterocycles. The summed E-state index contributed by atoms with van der Waals surface area (Å²) in [6.45, 7) is 5.21. The normalized spacial score (nSPS) is 17.1. The Labute approximate surface area is 67.9 Å². The molecule has 0 bridgehead atoms. The predicted molar refractivity (Wildman–Crippen MR) is 46.0 cm³/mol. The highest BCUT2D eigenvalue weighted by atomic mass is 16.5. The van der Waals surface area contributed by atoms with Gasteiger partial charge >= 0.3 is 0 Å². The second-order valence-corrected chi connectivity index (χ2v) is 2.95. The Morgan fingerprint density at radius 2 is 2.27 bits per heavy atom. The first-order valence-corrected chi connectivity index (χ1v) is 3.93. The molecule has 0 aromatic carbocycles. The van der Waals surface area contributed by atoms with Crippen molar-refractivity contribution >= 4 is 0 Å². The fourth-order valence-corrected chi connectivity index (χ4v) is 1.05. The molecule has 0 spiro atoms. The summed E-state index contributed by atoms with van der Waals surface area (Å²) in [6, 6.07) is 0. The van der Waals surface area contributed by atoms with Crippen molar-refractivity contribution < 1.29 is 4.74 Å². The molecule has 0 amide bonds. The molecule has 1 heterocycles. The first-order chi connectivity index (χ1) is 5.24. The van der Waals surface area contributed by atoms with Gasteiger partial charge in [0.05, 0.1) is 7.11 Å². The third-order valence-corrected chi connectivity index (χ3v) is 1.76. The Balaban J connectivity index is 2.68. The molecular weight excluding hydrogens is 138 g/mol. The second-order valence-electron chi connectivity index (χ2n) is 2.95. The molecule has 2 heteroatoms. The third-order valence-electron chi connectivity index (χ3n) is 1.76. The van der Waals surface area contributed by atoms with Gasteiger partial charge in [0.15, 0.2) is 0 Å². The van der Waals surface area contributed by atoms with Gasteiger partial charge in [0.1, 0.15) is 5.76 Å². The number of dihydropyridines is 1. The molecule has 0 aromatic rings. The lowest BCUT2D eigenvalue weighted by atomic mass is 10.1. The first-order valence-electron chi connectivity index (χ1n) is 3.93. The summed E-state index contributed by atoms with van der Waals surface area (Å²) >= 11 is 0. The SMILES string of the molecule is COC1=CCNC(C(C)C)=C1. The first kappa shape index (κ1) is 8.18. The number of methoxy groups -OCH3 is 1. The van der Waals surface area contributed by atoms with Gasteiger partial charge < -0.3 is 10.1 Å². The van der Waals surface area contributed by atoms with Gasteiger partial charge in [-0.3, -0.25) is 0 Å². The minimum absolute atomic E-state index is 0.550. The molecule has 62 valence electrons. The Morgan fingerprint density at radius 3 is 2.82 bits per heavy atom. The lowest BCUT2D eigenvalue weighted by Crippen LogP contribution is -2.21. The van der Waals surface area contributed by atoms with Crippen molar-refractivity contribution in [3.63, 3.8) is 0 Å². The number of nitrogens with one attached hydrogen (secondary N) is 1. The maximum atomic E-state index is 5.12. The molecule has 0 saturated carbocycles. The molecule has 1 rings (SSSR count). The zero-order chi connectivity index (χ0) is 8.27. The van der Waals surface area contributed by atoms with Crippen LogP contribution in [0.25, 0.3) is 0 Å². The summed E-state index contributed by atoms with van der Waals surface area (Å²) < 4.78 is 5.12. The zero-order valence-corrected chi connectivity index (χ0v) is 7.35. The van der Waals surface area contributed by atoms with Gasteiger partial charge in [0.25, 0.3) is 0 Å². The smallest absolute Gasteiger partial charge is 0.118 e. The molecule has 1 N–H and O–H groups in total. The third kappa shape index (κ3) is 2.00. The highest BCUT2D eigenvalue weighted by Gasteiger charge is 2.06. The molecule has 0 unspecified atom stereocenters. The lowest BCUT2D eigenvalue weighted by molar-refractivity contribution is 0.301. The number of hydrogen-bond acceptors (Lipinski definition) is 2. The van der Waals surface area contributed by atoms with Crippen LogP contribution in [0, 0.1) is 5.92 Å². The van der Waals surface area contributed by atoms with Crippen LogP contribution in [0.1, 0.15) is 13.8 Å². The number of rotatable bonds is 2. The highest BCUT2D eigenvalue weighted by Crippen LogP contribution is 2.13. The number of hydrogen-bond donors (Lipinski definition) is 1. The minimum Gasteiger partial charge on any atom is -0.497 e. The number of ether oxygens (including phenoxy) is 1. The van der Waals surface area contributed by atoms with E-state index in [-0.39, 0.29) is 0 Å². The van der Waals surface area contributed by atoms with Crippen molar-refractivity contribution in [2.24, 2.45) is 5.92 Å². The summed E-state index contributed by atoms with van der Waals surface area (Å²) in [6.07, 6.45) is 4.08. The van der Waals surface area contributed by atoms with Crippen LogP contribution in [-0.4, -0.2) is 13.7 Å². The van der Waals surface area contributed by atoms with Crippen molar-refractivity contribution in [2.45, 2.75) is 13.8 Å². The van der Waals surface area contributed by atoms with Crippen molar-refractivity contribution in [1.29, 1.82) is 0 Å². The van der Waals surface area contributed by atoms with E-state index in [2.05, 4.69) is 19.2 Å².